The number of ether oxygens (including phenoxy) is 1. The highest BCUT2D eigenvalue weighted by molar-refractivity contribution is 6.27. The third-order valence-electron chi connectivity index (χ3n) is 7.27. The van der Waals surface area contributed by atoms with E-state index in [-0.39, 0.29) is 0 Å². The number of hydrogen-bond acceptors (Lipinski definition) is 5. The molecule has 0 aliphatic rings. The van der Waals surface area contributed by atoms with Crippen molar-refractivity contribution in [3.63, 3.8) is 0 Å². The average Bonchev–Trinajstić information content (AvgIpc) is 3.39. The summed E-state index contributed by atoms with van der Waals surface area (Å²) in [6, 6.07) is 41.7. The van der Waals surface area contributed by atoms with Crippen LogP contribution in [-0.2, 0) is 16.1 Å². The predicted molar refractivity (Wildman–Crippen MR) is 173 cm³/mol. The third-order valence-corrected chi connectivity index (χ3v) is 7.27. The van der Waals surface area contributed by atoms with E-state index in [1.807, 2.05) is 36.4 Å². The topological polar surface area (TPSA) is 121 Å². The summed E-state index contributed by atoms with van der Waals surface area (Å²) in [7, 11) is 1.66. The van der Waals surface area contributed by atoms with Gasteiger partial charge in [0.15, 0.2) is 0 Å². The van der Waals surface area contributed by atoms with Gasteiger partial charge in [-0.15, -0.1) is 0 Å². The third kappa shape index (κ3) is 6.40. The van der Waals surface area contributed by atoms with E-state index in [1.165, 1.54) is 21.7 Å². The van der Waals surface area contributed by atoms with Gasteiger partial charge >= 0.3 is 11.9 Å². The maximum atomic E-state index is 11.4. The minimum atomic E-state index is -1.82. The Balaban J connectivity index is 0.000000584. The number of benzene rings is 5. The van der Waals surface area contributed by atoms with Gasteiger partial charge in [-0.3, -0.25) is 0 Å². The lowest BCUT2D eigenvalue weighted by molar-refractivity contribution is -0.159. The number of aliphatic carboxylic acids is 2. The van der Waals surface area contributed by atoms with Gasteiger partial charge in [-0.1, -0.05) is 109 Å². The molecule has 0 amide bonds. The van der Waals surface area contributed by atoms with Crippen molar-refractivity contribution >= 4 is 39.3 Å². The van der Waals surface area contributed by atoms with Crippen LogP contribution in [0.1, 0.15) is 0 Å². The summed E-state index contributed by atoms with van der Waals surface area (Å²) in [6.07, 6.45) is -0.638. The molecule has 8 heteroatoms. The normalized spacial score (nSPS) is 11.4. The number of nitrogens with zero attached hydrogens (tertiary/aromatic N) is 1. The summed E-state index contributed by atoms with van der Waals surface area (Å²) in [4.78, 5) is 18.2. The van der Waals surface area contributed by atoms with E-state index in [2.05, 4.69) is 94.8 Å². The Morgan fingerprint density at radius 2 is 1.32 bits per heavy atom. The van der Waals surface area contributed by atoms with Crippen LogP contribution in [0.5, 0.6) is 5.75 Å². The van der Waals surface area contributed by atoms with Crippen LogP contribution in [0.15, 0.2) is 121 Å². The van der Waals surface area contributed by atoms with Crippen LogP contribution in [0.4, 0.5) is 5.69 Å². The van der Waals surface area contributed by atoms with E-state index < -0.39 is 18.0 Å². The van der Waals surface area contributed by atoms with Gasteiger partial charge < -0.3 is 29.9 Å². The average molecular weight is 589 g/mol. The van der Waals surface area contributed by atoms with Gasteiger partial charge in [-0.2, -0.15) is 0 Å². The first-order chi connectivity index (χ1) is 21.4. The molecule has 1 atom stereocenters. The first-order valence-electron chi connectivity index (χ1n) is 14.0. The molecule has 5 aromatic carbocycles. The Kier molecular flexibility index (Phi) is 9.22. The number of anilines is 1. The van der Waals surface area contributed by atoms with Gasteiger partial charge in [0.1, 0.15) is 5.75 Å². The fourth-order valence-electron chi connectivity index (χ4n) is 5.39. The van der Waals surface area contributed by atoms with Crippen molar-refractivity contribution in [1.29, 1.82) is 0 Å². The monoisotopic (exact) mass is 588 g/mol. The number of aromatic nitrogens is 1. The van der Waals surface area contributed by atoms with Crippen LogP contribution in [-0.4, -0.2) is 51.6 Å². The van der Waals surface area contributed by atoms with Gasteiger partial charge in [-0.25, -0.2) is 9.59 Å². The number of fused-ring (bicyclic) bond motifs is 3. The number of nitrogens with one attached hydrogen (secondary N) is 1. The van der Waals surface area contributed by atoms with E-state index in [0.717, 1.165) is 33.8 Å². The molecule has 4 N–H and O–H groups in total. The van der Waals surface area contributed by atoms with Gasteiger partial charge in [-0.05, 0) is 28.6 Å². The Hall–Kier alpha value is -5.60. The van der Waals surface area contributed by atoms with E-state index in [4.69, 9.17) is 24.5 Å². The standard InChI is InChI=1S/C34H30N2O2.C2H2O4/c1-38-31-19-11-10-18-30(31)35-22-27(37)23-36-33(26-15-6-3-7-16-26)32(25-13-4-2-5-14-25)29-21-20-24-12-8-9-17-28(24)34(29)36;3-1(4)2(5)6/h2-21,27,35,37H,22-23H2,1H3;(H,3,4)(H,5,6). The van der Waals surface area contributed by atoms with Crippen LogP contribution in [0.25, 0.3) is 44.1 Å². The van der Waals surface area contributed by atoms with E-state index in [1.54, 1.807) is 7.11 Å². The number of carbonyl (C=O) groups is 2. The molecular formula is C36H32N2O6. The number of carboxylic acid groups (broad SMARTS) is 2. The van der Waals surface area contributed by atoms with Gasteiger partial charge in [0.2, 0.25) is 0 Å². The zero-order chi connectivity index (χ0) is 31.1. The highest BCUT2D eigenvalue weighted by Crippen LogP contribution is 2.43. The fraction of sp³-hybridized carbons (Fsp3) is 0.111. The molecule has 0 aliphatic heterocycles. The highest BCUT2D eigenvalue weighted by Gasteiger charge is 2.23. The lowest BCUT2D eigenvalue weighted by Gasteiger charge is -2.19. The summed E-state index contributed by atoms with van der Waals surface area (Å²) in [5.74, 6) is -2.89. The van der Waals surface area contributed by atoms with Crippen LogP contribution in [0.2, 0.25) is 0 Å². The van der Waals surface area contributed by atoms with Crippen molar-refractivity contribution in [1.82, 2.24) is 4.57 Å². The number of carboxylic acids is 2. The largest absolute Gasteiger partial charge is 0.495 e. The highest BCUT2D eigenvalue weighted by atomic mass is 16.5. The molecule has 6 aromatic rings. The van der Waals surface area contributed by atoms with Crippen molar-refractivity contribution in [2.75, 3.05) is 19.0 Å². The van der Waals surface area contributed by atoms with E-state index >= 15 is 0 Å². The van der Waals surface area contributed by atoms with Gasteiger partial charge in [0.05, 0.1) is 36.7 Å². The zero-order valence-electron chi connectivity index (χ0n) is 24.1. The number of aliphatic hydroxyl groups excluding tert-OH is 1. The van der Waals surface area contributed by atoms with Crippen LogP contribution in [0, 0.1) is 0 Å². The minimum absolute atomic E-state index is 0.389. The summed E-state index contributed by atoms with van der Waals surface area (Å²) < 4.78 is 7.79. The molecule has 0 radical (unpaired) electrons. The van der Waals surface area contributed by atoms with Crippen molar-refractivity contribution in [2.24, 2.45) is 0 Å². The van der Waals surface area contributed by atoms with Crippen molar-refractivity contribution in [2.45, 2.75) is 12.6 Å². The number of para-hydroxylation sites is 2. The second-order valence-corrected chi connectivity index (χ2v) is 10.1. The molecule has 1 heterocycles. The molecule has 0 bridgehead atoms. The second kappa shape index (κ2) is 13.6. The summed E-state index contributed by atoms with van der Waals surface area (Å²) in [5.41, 5.74) is 6.58. The summed E-state index contributed by atoms with van der Waals surface area (Å²) >= 11 is 0. The summed E-state index contributed by atoms with van der Waals surface area (Å²) in [5, 5.41) is 33.1. The van der Waals surface area contributed by atoms with Gasteiger partial charge in [0, 0.05) is 22.9 Å². The molecular weight excluding hydrogens is 556 g/mol. The molecule has 0 spiro atoms. The molecule has 1 aromatic heterocycles. The molecule has 1 unspecified atom stereocenters. The molecule has 8 nitrogen and oxygen atoms in total. The van der Waals surface area contributed by atoms with Gasteiger partial charge in [0.25, 0.3) is 0 Å². The number of aliphatic hydroxyl groups is 1. The lowest BCUT2D eigenvalue weighted by Crippen LogP contribution is -2.25. The Morgan fingerprint density at radius 3 is 1.98 bits per heavy atom. The quantitative estimate of drug-likeness (QED) is 0.145. The second-order valence-electron chi connectivity index (χ2n) is 10.1. The first kappa shape index (κ1) is 29.9. The van der Waals surface area contributed by atoms with Crippen molar-refractivity contribution in [3.8, 4) is 28.1 Å². The molecule has 44 heavy (non-hydrogen) atoms. The van der Waals surface area contributed by atoms with Crippen molar-refractivity contribution in [3.05, 3.63) is 121 Å². The SMILES string of the molecule is COc1ccccc1NCC(O)Cn1c(-c2ccccc2)c(-c2ccccc2)c2ccc3ccccc3c21.O=C(O)C(=O)O. The minimum Gasteiger partial charge on any atom is -0.495 e. The number of methoxy groups -OCH3 is 1. The summed E-state index contributed by atoms with van der Waals surface area (Å²) in [6.45, 7) is 0.823. The molecule has 0 fully saturated rings. The molecule has 0 saturated heterocycles. The maximum absolute atomic E-state index is 11.4. The predicted octanol–water partition coefficient (Wildman–Crippen LogP) is 6.77. The lowest BCUT2D eigenvalue weighted by atomic mass is 9.97. The van der Waals surface area contributed by atoms with Crippen molar-refractivity contribution < 1.29 is 29.6 Å². The van der Waals surface area contributed by atoms with Crippen LogP contribution in [0.3, 0.4) is 0 Å². The van der Waals surface area contributed by atoms with E-state index in [0.29, 0.717) is 13.1 Å². The van der Waals surface area contributed by atoms with Crippen LogP contribution < -0.4 is 10.1 Å². The van der Waals surface area contributed by atoms with Crippen LogP contribution >= 0.6 is 0 Å². The Labute approximate surface area is 254 Å². The fourth-order valence-corrected chi connectivity index (χ4v) is 5.39. The Bertz CT molecular complexity index is 1890. The molecule has 222 valence electrons. The zero-order valence-corrected chi connectivity index (χ0v) is 24.1. The first-order valence-corrected chi connectivity index (χ1v) is 14.0. The molecule has 0 saturated carbocycles. The number of rotatable bonds is 8. The number of hydrogen-bond donors (Lipinski definition) is 4. The Morgan fingerprint density at radius 1 is 0.727 bits per heavy atom. The molecule has 0 aliphatic carbocycles. The maximum Gasteiger partial charge on any atom is 0.414 e. The molecule has 6 rings (SSSR count). The van der Waals surface area contributed by atoms with E-state index in [9.17, 15) is 5.11 Å². The smallest absolute Gasteiger partial charge is 0.414 e.